The normalized spacial score (nSPS) is 11.2. The summed E-state index contributed by atoms with van der Waals surface area (Å²) in [5.41, 5.74) is 0. The van der Waals surface area contributed by atoms with Crippen LogP contribution in [0.3, 0.4) is 0 Å². The highest BCUT2D eigenvalue weighted by molar-refractivity contribution is 8.13. The summed E-state index contributed by atoms with van der Waals surface area (Å²) in [4.78, 5) is 13.7. The van der Waals surface area contributed by atoms with Gasteiger partial charge >= 0.3 is 5.82 Å². The van der Waals surface area contributed by atoms with Crippen LogP contribution >= 0.6 is 10.7 Å². The summed E-state index contributed by atoms with van der Waals surface area (Å²) < 4.78 is 26.7. The van der Waals surface area contributed by atoms with Gasteiger partial charge in [0.05, 0.1) is 12.4 Å². The largest absolute Gasteiger partial charge is 0.486 e. The Morgan fingerprint density at radius 2 is 2.00 bits per heavy atom. The van der Waals surface area contributed by atoms with Crippen molar-refractivity contribution in [3.05, 3.63) is 28.4 Å². The van der Waals surface area contributed by atoms with Crippen molar-refractivity contribution >= 4 is 25.6 Å². The van der Waals surface area contributed by atoms with Crippen molar-refractivity contribution in [2.24, 2.45) is 0 Å². The molecule has 0 bridgehead atoms. The summed E-state index contributed by atoms with van der Waals surface area (Å²) in [6.45, 7) is 0.320. The minimum atomic E-state index is -3.42. The number of hydrogen-bond donors (Lipinski definition) is 0. The number of rotatable bonds is 9. The van der Waals surface area contributed by atoms with Crippen LogP contribution < -0.4 is 4.74 Å². The molecule has 0 fully saturated rings. The molecule has 0 N–H and O–H groups in total. The van der Waals surface area contributed by atoms with Gasteiger partial charge in [0, 0.05) is 10.7 Å². The fourth-order valence-corrected chi connectivity index (χ4v) is 2.42. The Kier molecular flexibility index (Phi) is 6.66. The zero-order chi connectivity index (χ0) is 15.0. The number of nitrogens with zero attached hydrogens (tertiary/aromatic N) is 2. The van der Waals surface area contributed by atoms with E-state index in [2.05, 4.69) is 4.98 Å². The molecule has 0 spiro atoms. The number of halogens is 1. The number of hydrogen-bond acceptors (Lipinski definition) is 6. The van der Waals surface area contributed by atoms with Gasteiger partial charge in [-0.2, -0.15) is 0 Å². The summed E-state index contributed by atoms with van der Waals surface area (Å²) in [5, 5.41) is 10.7. The monoisotopic (exact) mass is 322 g/mol. The molecule has 20 heavy (non-hydrogen) atoms. The Morgan fingerprint density at radius 1 is 1.30 bits per heavy atom. The molecule has 0 amide bonds. The predicted molar refractivity (Wildman–Crippen MR) is 74.5 cm³/mol. The van der Waals surface area contributed by atoms with Gasteiger partial charge in [0.15, 0.2) is 0 Å². The molecule has 0 unspecified atom stereocenters. The van der Waals surface area contributed by atoms with E-state index in [1.165, 1.54) is 12.3 Å². The molecule has 1 aromatic rings. The Bertz CT molecular complexity index is 549. The Balaban J connectivity index is 2.24. The van der Waals surface area contributed by atoms with Gasteiger partial charge in [0.25, 0.3) is 0 Å². The van der Waals surface area contributed by atoms with E-state index in [0.717, 1.165) is 6.42 Å². The molecule has 0 aliphatic carbocycles. The molecule has 9 heteroatoms. The minimum absolute atomic E-state index is 0.0382. The number of aromatic nitrogens is 1. The molecule has 0 aromatic carbocycles. The van der Waals surface area contributed by atoms with Crippen molar-refractivity contribution in [2.45, 2.75) is 25.7 Å². The lowest BCUT2D eigenvalue weighted by Crippen LogP contribution is -2.02. The number of pyridine rings is 1. The molecule has 0 saturated heterocycles. The molecule has 7 nitrogen and oxygen atoms in total. The van der Waals surface area contributed by atoms with Crippen molar-refractivity contribution in [3.63, 3.8) is 0 Å². The predicted octanol–water partition coefficient (Wildman–Crippen LogP) is 2.50. The maximum atomic E-state index is 10.7. The quantitative estimate of drug-likeness (QED) is 0.300. The molecule has 1 rings (SSSR count). The van der Waals surface area contributed by atoms with Crippen molar-refractivity contribution < 1.29 is 18.1 Å². The maximum absolute atomic E-state index is 10.7. The lowest BCUT2D eigenvalue weighted by Gasteiger charge is -2.05. The highest BCUT2D eigenvalue weighted by Crippen LogP contribution is 2.23. The van der Waals surface area contributed by atoms with Crippen LogP contribution in [-0.2, 0) is 9.05 Å². The Labute approximate surface area is 121 Å². The van der Waals surface area contributed by atoms with Crippen LogP contribution in [0.15, 0.2) is 18.3 Å². The second kappa shape index (κ2) is 8.01. The van der Waals surface area contributed by atoms with Crippen molar-refractivity contribution in [1.82, 2.24) is 4.98 Å². The van der Waals surface area contributed by atoms with Gasteiger partial charge in [-0.05, 0) is 34.9 Å². The van der Waals surface area contributed by atoms with Crippen LogP contribution in [0.1, 0.15) is 25.7 Å². The first-order chi connectivity index (χ1) is 9.40. The topological polar surface area (TPSA) is 99.4 Å². The molecule has 1 heterocycles. The third-order valence-corrected chi connectivity index (χ3v) is 3.70. The molecular weight excluding hydrogens is 308 g/mol. The van der Waals surface area contributed by atoms with E-state index in [0.29, 0.717) is 25.9 Å². The summed E-state index contributed by atoms with van der Waals surface area (Å²) in [6, 6.07) is 3.05. The van der Waals surface area contributed by atoms with E-state index >= 15 is 0 Å². The molecule has 0 aliphatic rings. The Hall–Kier alpha value is -1.41. The van der Waals surface area contributed by atoms with Gasteiger partial charge in [0.1, 0.15) is 6.20 Å². The highest BCUT2D eigenvalue weighted by Gasteiger charge is 2.14. The molecule has 0 atom stereocenters. The second-order valence-electron chi connectivity index (χ2n) is 4.09. The second-order valence-corrected chi connectivity index (χ2v) is 6.98. The summed E-state index contributed by atoms with van der Waals surface area (Å²) in [6.07, 6.45) is 3.98. The maximum Gasteiger partial charge on any atom is 0.406 e. The zero-order valence-electron chi connectivity index (χ0n) is 10.7. The molecular formula is C11H15ClN2O5S. The summed E-state index contributed by atoms with van der Waals surface area (Å²) >= 11 is 0. The zero-order valence-corrected chi connectivity index (χ0v) is 12.3. The van der Waals surface area contributed by atoms with Gasteiger partial charge in [-0.3, -0.25) is 0 Å². The van der Waals surface area contributed by atoms with E-state index in [1.807, 2.05) is 0 Å². The van der Waals surface area contributed by atoms with E-state index in [9.17, 15) is 18.5 Å². The lowest BCUT2D eigenvalue weighted by molar-refractivity contribution is -0.390. The Morgan fingerprint density at radius 3 is 2.65 bits per heavy atom. The van der Waals surface area contributed by atoms with E-state index in [-0.39, 0.29) is 17.3 Å². The third-order valence-electron chi connectivity index (χ3n) is 2.46. The van der Waals surface area contributed by atoms with Crippen molar-refractivity contribution in [3.8, 4) is 5.75 Å². The third kappa shape index (κ3) is 6.67. The standard InChI is InChI=1S/C11H15ClN2O5S/c12-20(17,18)9-4-2-1-3-8-19-10-6-5-7-13-11(10)14(15)16/h5-7H,1-4,8-9H2. The van der Waals surface area contributed by atoms with Crippen molar-refractivity contribution in [2.75, 3.05) is 12.4 Å². The van der Waals surface area contributed by atoms with Crippen molar-refractivity contribution in [1.29, 1.82) is 0 Å². The van der Waals surface area contributed by atoms with Crippen LogP contribution in [-0.4, -0.2) is 30.7 Å². The van der Waals surface area contributed by atoms with Crippen LogP contribution in [0.4, 0.5) is 5.82 Å². The molecule has 1 aromatic heterocycles. The average molecular weight is 323 g/mol. The first-order valence-corrected chi connectivity index (χ1v) is 8.52. The molecule has 112 valence electrons. The summed E-state index contributed by atoms with van der Waals surface area (Å²) in [5.74, 6) is -0.203. The number of nitro groups is 1. The van der Waals surface area contributed by atoms with E-state index in [4.69, 9.17) is 15.4 Å². The smallest absolute Gasteiger partial charge is 0.406 e. The first kappa shape index (κ1) is 16.6. The van der Waals surface area contributed by atoms with Gasteiger partial charge in [-0.25, -0.2) is 8.42 Å². The number of unbranched alkanes of at least 4 members (excludes halogenated alkanes) is 3. The molecule has 0 radical (unpaired) electrons. The molecule has 0 saturated carbocycles. The van der Waals surface area contributed by atoms with E-state index < -0.39 is 14.0 Å². The van der Waals surface area contributed by atoms with Crippen LogP contribution in [0, 0.1) is 10.1 Å². The minimum Gasteiger partial charge on any atom is -0.486 e. The fraction of sp³-hybridized carbons (Fsp3) is 0.545. The lowest BCUT2D eigenvalue weighted by atomic mass is 10.2. The van der Waals surface area contributed by atoms with E-state index in [1.54, 1.807) is 6.07 Å². The molecule has 0 aliphatic heterocycles. The van der Waals surface area contributed by atoms with Crippen LogP contribution in [0.5, 0.6) is 5.75 Å². The SMILES string of the molecule is O=[N+]([O-])c1ncccc1OCCCCCCS(=O)(=O)Cl. The van der Waals surface area contributed by atoms with Crippen LogP contribution in [0.2, 0.25) is 0 Å². The fourth-order valence-electron chi connectivity index (χ4n) is 1.54. The summed E-state index contributed by atoms with van der Waals surface area (Å²) in [7, 11) is 1.66. The van der Waals surface area contributed by atoms with Gasteiger partial charge in [-0.1, -0.05) is 12.8 Å². The average Bonchev–Trinajstić information content (AvgIpc) is 2.36. The van der Waals surface area contributed by atoms with Gasteiger partial charge < -0.3 is 14.9 Å². The highest BCUT2D eigenvalue weighted by atomic mass is 35.7. The van der Waals surface area contributed by atoms with Gasteiger partial charge in [-0.15, -0.1) is 0 Å². The first-order valence-electron chi connectivity index (χ1n) is 6.05. The van der Waals surface area contributed by atoms with Gasteiger partial charge in [0.2, 0.25) is 14.8 Å². The van der Waals surface area contributed by atoms with Crippen LogP contribution in [0.25, 0.3) is 0 Å². The number of ether oxygens (including phenoxy) is 1.